The molecule has 29 heavy (non-hydrogen) atoms. The first-order valence-electron chi connectivity index (χ1n) is 9.05. The van der Waals surface area contributed by atoms with Crippen LogP contribution in [0.25, 0.3) is 0 Å². The highest BCUT2D eigenvalue weighted by Crippen LogP contribution is 2.28. The Morgan fingerprint density at radius 3 is 2.52 bits per heavy atom. The largest absolute Gasteiger partial charge is 0.351 e. The smallest absolute Gasteiger partial charge is 0.261 e. The van der Waals surface area contributed by atoms with E-state index < -0.39 is 11.7 Å². The van der Waals surface area contributed by atoms with E-state index in [2.05, 4.69) is 17.6 Å². The fourth-order valence-corrected chi connectivity index (χ4v) is 4.08. The van der Waals surface area contributed by atoms with Gasteiger partial charge in [0.25, 0.3) is 11.8 Å². The maximum absolute atomic E-state index is 13.2. The highest BCUT2D eigenvalue weighted by atomic mass is 35.5. The number of carbonyl (C=O) groups excluding carboxylic acids is 2. The summed E-state index contributed by atoms with van der Waals surface area (Å²) in [5, 5.41) is 6.22. The quantitative estimate of drug-likeness (QED) is 0.532. The van der Waals surface area contributed by atoms with Crippen LogP contribution in [0.15, 0.2) is 54.6 Å². The lowest BCUT2D eigenvalue weighted by atomic mass is 10.0. The van der Waals surface area contributed by atoms with Crippen LogP contribution in [0.5, 0.6) is 0 Å². The Hall–Kier alpha value is -2.70. The van der Waals surface area contributed by atoms with Gasteiger partial charge in [0.15, 0.2) is 0 Å². The van der Waals surface area contributed by atoms with Gasteiger partial charge in [-0.2, -0.15) is 0 Å². The molecule has 0 radical (unpaired) electrons. The lowest BCUT2D eigenvalue weighted by Crippen LogP contribution is -2.27. The summed E-state index contributed by atoms with van der Waals surface area (Å²) in [7, 11) is 0. The molecule has 0 saturated heterocycles. The van der Waals surface area contributed by atoms with Crippen LogP contribution in [0.1, 0.15) is 44.0 Å². The Labute approximate surface area is 177 Å². The molecule has 0 aliphatic rings. The van der Waals surface area contributed by atoms with Gasteiger partial charge in [-0.1, -0.05) is 48.9 Å². The molecule has 0 fully saturated rings. The van der Waals surface area contributed by atoms with Crippen LogP contribution in [0.2, 0.25) is 5.02 Å². The van der Waals surface area contributed by atoms with Crippen LogP contribution in [-0.2, 0) is 0 Å². The lowest BCUT2D eigenvalue weighted by molar-refractivity contribution is 0.0954. The van der Waals surface area contributed by atoms with Gasteiger partial charge in [0.05, 0.1) is 20.5 Å². The summed E-state index contributed by atoms with van der Waals surface area (Å²) in [5.74, 6) is -0.973. The van der Waals surface area contributed by atoms with Crippen molar-refractivity contribution in [3.05, 3.63) is 87.0 Å². The molecule has 0 aliphatic carbocycles. The zero-order valence-electron chi connectivity index (χ0n) is 16.0. The molecule has 0 bridgehead atoms. The van der Waals surface area contributed by atoms with E-state index in [9.17, 15) is 14.0 Å². The first-order valence-corrected chi connectivity index (χ1v) is 10.2. The molecule has 0 spiro atoms. The molecule has 1 unspecified atom stereocenters. The van der Waals surface area contributed by atoms with Crippen molar-refractivity contribution in [3.8, 4) is 0 Å². The van der Waals surface area contributed by atoms with Crippen molar-refractivity contribution in [3.63, 3.8) is 0 Å². The molecule has 2 N–H and O–H groups in total. The Morgan fingerprint density at radius 2 is 1.83 bits per heavy atom. The highest BCUT2D eigenvalue weighted by Gasteiger charge is 2.17. The van der Waals surface area contributed by atoms with Gasteiger partial charge in [0.1, 0.15) is 5.82 Å². The molecule has 4 nitrogen and oxygen atoms in total. The van der Waals surface area contributed by atoms with Crippen LogP contribution in [0, 0.1) is 12.7 Å². The number of hydrogen-bond acceptors (Lipinski definition) is 3. The van der Waals surface area contributed by atoms with E-state index in [1.807, 2.05) is 37.3 Å². The minimum atomic E-state index is -0.512. The van der Waals surface area contributed by atoms with Gasteiger partial charge < -0.3 is 10.6 Å². The number of halogens is 2. The van der Waals surface area contributed by atoms with Crippen LogP contribution >= 0.6 is 22.9 Å². The number of rotatable bonds is 6. The normalized spacial score (nSPS) is 11.7. The van der Waals surface area contributed by atoms with Gasteiger partial charge in [-0.15, -0.1) is 11.3 Å². The Morgan fingerprint density at radius 1 is 1.10 bits per heavy atom. The third-order valence-corrected chi connectivity index (χ3v) is 5.94. The standard InChI is InChI=1S/C22H20ClFN2O2S/c1-13-10-19(26-21(27)17-9-8-16(24)11-18(17)23)29-20(13)22(28)25-12-14(2)15-6-4-3-5-7-15/h3-11,14H,12H2,1-2H3,(H,25,28)(H,26,27). The average molecular weight is 431 g/mol. The zero-order chi connectivity index (χ0) is 21.0. The van der Waals surface area contributed by atoms with E-state index in [0.29, 0.717) is 16.4 Å². The molecule has 7 heteroatoms. The monoisotopic (exact) mass is 430 g/mol. The number of hydrogen-bond donors (Lipinski definition) is 2. The second-order valence-electron chi connectivity index (χ2n) is 6.72. The van der Waals surface area contributed by atoms with Crippen LogP contribution < -0.4 is 10.6 Å². The van der Waals surface area contributed by atoms with E-state index in [1.165, 1.54) is 23.5 Å². The van der Waals surface area contributed by atoms with E-state index in [4.69, 9.17) is 11.6 Å². The number of carbonyl (C=O) groups is 2. The number of benzene rings is 2. The molecule has 3 aromatic rings. The molecular formula is C22H20ClFN2O2S. The number of thiophene rings is 1. The lowest BCUT2D eigenvalue weighted by Gasteiger charge is -2.12. The maximum Gasteiger partial charge on any atom is 0.261 e. The summed E-state index contributed by atoms with van der Waals surface area (Å²) < 4.78 is 13.2. The third-order valence-electron chi connectivity index (χ3n) is 4.47. The molecule has 2 aromatic carbocycles. The van der Waals surface area contributed by atoms with E-state index in [1.54, 1.807) is 6.07 Å². The van der Waals surface area contributed by atoms with Gasteiger partial charge in [-0.05, 0) is 48.2 Å². The predicted molar refractivity (Wildman–Crippen MR) is 116 cm³/mol. The second-order valence-corrected chi connectivity index (χ2v) is 8.18. The van der Waals surface area contributed by atoms with Gasteiger partial charge in [-0.25, -0.2) is 4.39 Å². The summed E-state index contributed by atoms with van der Waals surface area (Å²) in [6, 6.07) is 15.3. The maximum atomic E-state index is 13.2. The molecule has 1 atom stereocenters. The summed E-state index contributed by atoms with van der Waals surface area (Å²) in [6.07, 6.45) is 0. The fraction of sp³-hybridized carbons (Fsp3) is 0.182. The molecule has 0 aliphatic heterocycles. The van der Waals surface area contributed by atoms with Crippen molar-refractivity contribution in [2.75, 3.05) is 11.9 Å². The Kier molecular flexibility index (Phi) is 6.67. The third kappa shape index (κ3) is 5.22. The molecule has 0 saturated carbocycles. The first-order chi connectivity index (χ1) is 13.8. The van der Waals surface area contributed by atoms with Gasteiger partial charge >= 0.3 is 0 Å². The average Bonchev–Trinajstić information content (AvgIpc) is 3.06. The molecule has 3 rings (SSSR count). The van der Waals surface area contributed by atoms with E-state index in [0.717, 1.165) is 17.2 Å². The van der Waals surface area contributed by atoms with Crippen molar-refractivity contribution < 1.29 is 14.0 Å². The molecule has 1 aromatic heterocycles. The van der Waals surface area contributed by atoms with E-state index in [-0.39, 0.29) is 22.4 Å². The molecule has 2 amide bonds. The predicted octanol–water partition coefficient (Wildman–Crippen LogP) is 5.63. The van der Waals surface area contributed by atoms with Gasteiger partial charge in [0.2, 0.25) is 0 Å². The SMILES string of the molecule is Cc1cc(NC(=O)c2ccc(F)cc2Cl)sc1C(=O)NCC(C)c1ccccc1. The highest BCUT2D eigenvalue weighted by molar-refractivity contribution is 7.18. The number of aryl methyl sites for hydroxylation is 1. The summed E-state index contributed by atoms with van der Waals surface area (Å²) >= 11 is 7.12. The number of amides is 2. The van der Waals surface area contributed by atoms with Crippen molar-refractivity contribution in [2.45, 2.75) is 19.8 Å². The van der Waals surface area contributed by atoms with Crippen molar-refractivity contribution >= 4 is 39.8 Å². The second kappa shape index (κ2) is 9.20. The fourth-order valence-electron chi connectivity index (χ4n) is 2.85. The van der Waals surface area contributed by atoms with Gasteiger partial charge in [-0.3, -0.25) is 9.59 Å². The summed E-state index contributed by atoms with van der Waals surface area (Å²) in [5.41, 5.74) is 2.09. The van der Waals surface area contributed by atoms with Crippen molar-refractivity contribution in [2.24, 2.45) is 0 Å². The van der Waals surface area contributed by atoms with Crippen molar-refractivity contribution in [1.82, 2.24) is 5.32 Å². The van der Waals surface area contributed by atoms with Gasteiger partial charge in [0, 0.05) is 6.54 Å². The minimum Gasteiger partial charge on any atom is -0.351 e. The molecule has 150 valence electrons. The van der Waals surface area contributed by atoms with E-state index >= 15 is 0 Å². The minimum absolute atomic E-state index is 0.0312. The molecular weight excluding hydrogens is 411 g/mol. The topological polar surface area (TPSA) is 58.2 Å². The first kappa shape index (κ1) is 21.0. The van der Waals surface area contributed by atoms with Crippen LogP contribution in [0.3, 0.4) is 0 Å². The number of nitrogens with one attached hydrogen (secondary N) is 2. The van der Waals surface area contributed by atoms with Crippen LogP contribution in [-0.4, -0.2) is 18.4 Å². The zero-order valence-corrected chi connectivity index (χ0v) is 17.5. The summed E-state index contributed by atoms with van der Waals surface area (Å²) in [6.45, 7) is 4.37. The Bertz CT molecular complexity index is 1040. The van der Waals surface area contributed by atoms with Crippen LogP contribution in [0.4, 0.5) is 9.39 Å². The molecule has 1 heterocycles. The summed E-state index contributed by atoms with van der Waals surface area (Å²) in [4.78, 5) is 25.5. The van der Waals surface area contributed by atoms with Crippen molar-refractivity contribution in [1.29, 1.82) is 0 Å². The Balaban J connectivity index is 1.64. The number of anilines is 1.